The van der Waals surface area contributed by atoms with E-state index >= 15 is 0 Å². The van der Waals surface area contributed by atoms with Gasteiger partial charge in [-0.2, -0.15) is 13.2 Å². The summed E-state index contributed by atoms with van der Waals surface area (Å²) in [5, 5.41) is 11.9. The SMILES string of the molecule is CCN1CCN(Cc2ccc(NC(=O)Nc3ccc(Oc4cc(Nc5ccc(N6CCN(CC7CCNCC7)CC6)nc5)ncn4)cc3)cc2C(F)(F)F)CC1. The summed E-state index contributed by atoms with van der Waals surface area (Å²) in [6, 6.07) is 15.5. The molecule has 0 atom stereocenters. The number of hydrogen-bond acceptors (Lipinski definition) is 11. The third-order valence-corrected chi connectivity index (χ3v) is 10.6. The first-order chi connectivity index (χ1) is 27.2. The predicted octanol–water partition coefficient (Wildman–Crippen LogP) is 6.33. The number of piperidine rings is 1. The van der Waals surface area contributed by atoms with E-state index in [0.717, 1.165) is 82.4 Å². The van der Waals surface area contributed by atoms with Gasteiger partial charge in [0.2, 0.25) is 5.88 Å². The maximum Gasteiger partial charge on any atom is 0.416 e. The Morgan fingerprint density at radius 2 is 1.48 bits per heavy atom. The van der Waals surface area contributed by atoms with Crippen molar-refractivity contribution in [3.63, 3.8) is 0 Å². The lowest BCUT2D eigenvalue weighted by Crippen LogP contribution is -2.48. The van der Waals surface area contributed by atoms with Gasteiger partial charge in [0, 0.05) is 82.9 Å². The van der Waals surface area contributed by atoms with Gasteiger partial charge < -0.3 is 35.8 Å². The molecule has 7 rings (SSSR count). The number of rotatable bonds is 12. The summed E-state index contributed by atoms with van der Waals surface area (Å²) < 4.78 is 48.1. The van der Waals surface area contributed by atoms with Crippen LogP contribution in [0.4, 0.5) is 46.7 Å². The van der Waals surface area contributed by atoms with Gasteiger partial charge >= 0.3 is 12.2 Å². The molecule has 0 saturated carbocycles. The first-order valence-corrected chi connectivity index (χ1v) is 19.4. The van der Waals surface area contributed by atoms with Crippen LogP contribution in [0.2, 0.25) is 0 Å². The molecule has 0 bridgehead atoms. The zero-order valence-corrected chi connectivity index (χ0v) is 31.7. The van der Waals surface area contributed by atoms with Crippen molar-refractivity contribution in [1.29, 1.82) is 0 Å². The van der Waals surface area contributed by atoms with Gasteiger partial charge in [0.25, 0.3) is 0 Å². The lowest BCUT2D eigenvalue weighted by Gasteiger charge is -2.37. The molecule has 3 aliphatic rings. The number of ether oxygens (including phenoxy) is 1. The number of urea groups is 1. The average molecular weight is 774 g/mol. The Balaban J connectivity index is 0.877. The lowest BCUT2D eigenvalue weighted by atomic mass is 9.97. The molecule has 5 heterocycles. The van der Waals surface area contributed by atoms with E-state index in [1.165, 1.54) is 37.8 Å². The number of likely N-dealkylation sites (N-methyl/N-ethyl adjacent to an activating group) is 1. The van der Waals surface area contributed by atoms with Crippen LogP contribution in [-0.2, 0) is 12.7 Å². The number of piperazine rings is 2. The Kier molecular flexibility index (Phi) is 12.8. The molecule has 13 nitrogen and oxygen atoms in total. The maximum absolute atomic E-state index is 14.0. The minimum Gasteiger partial charge on any atom is -0.439 e. The van der Waals surface area contributed by atoms with Crippen molar-refractivity contribution in [2.45, 2.75) is 32.5 Å². The van der Waals surface area contributed by atoms with E-state index in [9.17, 15) is 18.0 Å². The number of amides is 2. The van der Waals surface area contributed by atoms with Crippen molar-refractivity contribution in [2.24, 2.45) is 5.92 Å². The second-order valence-electron chi connectivity index (χ2n) is 14.5. The highest BCUT2D eigenvalue weighted by atomic mass is 19.4. The molecule has 56 heavy (non-hydrogen) atoms. The minimum atomic E-state index is -4.56. The molecule has 298 valence electrons. The largest absolute Gasteiger partial charge is 0.439 e. The van der Waals surface area contributed by atoms with E-state index in [-0.39, 0.29) is 17.8 Å². The fourth-order valence-corrected chi connectivity index (χ4v) is 7.43. The van der Waals surface area contributed by atoms with E-state index in [4.69, 9.17) is 9.72 Å². The monoisotopic (exact) mass is 773 g/mol. The van der Waals surface area contributed by atoms with Crippen molar-refractivity contribution < 1.29 is 22.7 Å². The summed E-state index contributed by atoms with van der Waals surface area (Å²) in [7, 11) is 0. The number of aromatic nitrogens is 3. The van der Waals surface area contributed by atoms with E-state index in [1.54, 1.807) is 36.5 Å². The van der Waals surface area contributed by atoms with Crippen molar-refractivity contribution in [1.82, 2.24) is 35.0 Å². The molecular formula is C40H50F3N11O2. The first kappa shape index (κ1) is 39.2. The van der Waals surface area contributed by atoms with Crippen molar-refractivity contribution in [3.05, 3.63) is 84.3 Å². The smallest absolute Gasteiger partial charge is 0.416 e. The van der Waals surface area contributed by atoms with E-state index in [2.05, 4.69) is 52.9 Å². The van der Waals surface area contributed by atoms with Gasteiger partial charge in [0.1, 0.15) is 23.7 Å². The molecule has 2 aromatic heterocycles. The van der Waals surface area contributed by atoms with Crippen LogP contribution < -0.4 is 30.9 Å². The summed E-state index contributed by atoms with van der Waals surface area (Å²) >= 11 is 0. The highest BCUT2D eigenvalue weighted by Gasteiger charge is 2.34. The molecular weight excluding hydrogens is 724 g/mol. The molecule has 2 aromatic carbocycles. The van der Waals surface area contributed by atoms with E-state index < -0.39 is 17.8 Å². The summed E-state index contributed by atoms with van der Waals surface area (Å²) in [6.07, 6.45) is 1.16. The number of hydrogen-bond donors (Lipinski definition) is 4. The predicted molar refractivity (Wildman–Crippen MR) is 212 cm³/mol. The lowest BCUT2D eigenvalue weighted by molar-refractivity contribution is -0.138. The van der Waals surface area contributed by atoms with Crippen LogP contribution in [0.25, 0.3) is 0 Å². The second-order valence-corrected chi connectivity index (χ2v) is 14.5. The summed E-state index contributed by atoms with van der Waals surface area (Å²) in [6.45, 7) is 13.7. The van der Waals surface area contributed by atoms with Gasteiger partial charge in [0.05, 0.1) is 17.4 Å². The fourth-order valence-electron chi connectivity index (χ4n) is 7.43. The van der Waals surface area contributed by atoms with Gasteiger partial charge in [-0.25, -0.2) is 19.7 Å². The molecule has 3 fully saturated rings. The van der Waals surface area contributed by atoms with Crippen LogP contribution in [-0.4, -0.2) is 114 Å². The van der Waals surface area contributed by atoms with Crippen LogP contribution in [0.15, 0.2) is 73.2 Å². The number of halogens is 3. The van der Waals surface area contributed by atoms with Crippen LogP contribution in [0.3, 0.4) is 0 Å². The highest BCUT2D eigenvalue weighted by Crippen LogP contribution is 2.35. The third-order valence-electron chi connectivity index (χ3n) is 10.6. The summed E-state index contributed by atoms with van der Waals surface area (Å²) in [4.78, 5) is 35.2. The Morgan fingerprint density at radius 3 is 2.18 bits per heavy atom. The zero-order chi connectivity index (χ0) is 38.9. The van der Waals surface area contributed by atoms with Crippen LogP contribution in [0, 0.1) is 5.92 Å². The van der Waals surface area contributed by atoms with Crippen molar-refractivity contribution >= 4 is 34.7 Å². The number of benzene rings is 2. The first-order valence-electron chi connectivity index (χ1n) is 19.4. The molecule has 0 radical (unpaired) electrons. The van der Waals surface area contributed by atoms with Gasteiger partial charge in [0.15, 0.2) is 0 Å². The third kappa shape index (κ3) is 10.8. The fraction of sp³-hybridized carbons (Fsp3) is 0.450. The summed E-state index contributed by atoms with van der Waals surface area (Å²) in [5.74, 6) is 3.05. The number of nitrogens with zero attached hydrogens (tertiary/aromatic N) is 7. The van der Waals surface area contributed by atoms with Gasteiger partial charge in [-0.15, -0.1) is 0 Å². The molecule has 4 aromatic rings. The Labute approximate surface area is 325 Å². The van der Waals surface area contributed by atoms with Crippen molar-refractivity contribution in [3.8, 4) is 11.6 Å². The molecule has 3 aliphatic heterocycles. The number of pyridine rings is 1. The van der Waals surface area contributed by atoms with Gasteiger partial charge in [-0.3, -0.25) is 9.80 Å². The van der Waals surface area contributed by atoms with Crippen LogP contribution >= 0.6 is 0 Å². The van der Waals surface area contributed by atoms with Crippen molar-refractivity contribution in [2.75, 3.05) is 99.4 Å². The second kappa shape index (κ2) is 18.3. The molecule has 0 aliphatic carbocycles. The number of carbonyl (C=O) groups excluding carboxylic acids is 1. The number of anilines is 5. The number of nitrogens with one attached hydrogen (secondary N) is 4. The van der Waals surface area contributed by atoms with E-state index in [1.807, 2.05) is 17.0 Å². The molecule has 4 N–H and O–H groups in total. The number of alkyl halides is 3. The molecule has 16 heteroatoms. The minimum absolute atomic E-state index is 0.0472. The van der Waals surface area contributed by atoms with Crippen LogP contribution in [0.5, 0.6) is 11.6 Å². The molecule has 0 unspecified atom stereocenters. The maximum atomic E-state index is 14.0. The molecule has 3 saturated heterocycles. The quantitative estimate of drug-likeness (QED) is 0.129. The Morgan fingerprint density at radius 1 is 0.804 bits per heavy atom. The summed E-state index contributed by atoms with van der Waals surface area (Å²) in [5.41, 5.74) is 0.683. The Hall–Kier alpha value is -5.03. The zero-order valence-electron chi connectivity index (χ0n) is 31.7. The van der Waals surface area contributed by atoms with Crippen LogP contribution in [0.1, 0.15) is 30.9 Å². The van der Waals surface area contributed by atoms with Gasteiger partial charge in [-0.1, -0.05) is 13.0 Å². The average Bonchev–Trinajstić information content (AvgIpc) is 3.20. The normalized spacial score (nSPS) is 17.8. The number of carbonyl (C=O) groups is 1. The molecule has 2 amide bonds. The standard InChI is InChI=1S/C40H50F3N11O2/c1-2-51-15-17-53(18-16-51)27-30-3-4-32(23-35(30)40(41,42)43)50-39(55)49-31-5-8-34(9-6-31)56-38-24-36(46-28-47-38)48-33-7-10-37(45-25-33)54-21-19-52(20-22-54)26-29-11-13-44-14-12-29/h3-10,23-25,28-29,44H,2,11-22,26-27H2,1H3,(H,46,47,48)(H2,49,50,55). The molecule has 0 spiro atoms. The van der Waals surface area contributed by atoms with Gasteiger partial charge in [-0.05, 0) is 92.5 Å². The highest BCUT2D eigenvalue weighted by molar-refractivity contribution is 5.99. The van der Waals surface area contributed by atoms with E-state index in [0.29, 0.717) is 36.2 Å². The topological polar surface area (TPSA) is 126 Å². The Bertz CT molecular complexity index is 1880.